The third kappa shape index (κ3) is 3.69. The maximum atomic E-state index is 12.6. The zero-order valence-corrected chi connectivity index (χ0v) is 11.6. The second-order valence-electron chi connectivity index (χ2n) is 4.22. The van der Waals surface area contributed by atoms with Gasteiger partial charge in [0.2, 0.25) is 0 Å². The minimum atomic E-state index is -4.62. The van der Waals surface area contributed by atoms with E-state index < -0.39 is 22.4 Å². The van der Waals surface area contributed by atoms with E-state index in [1.807, 2.05) is 5.38 Å². The van der Waals surface area contributed by atoms with Gasteiger partial charge in [0, 0.05) is 17.1 Å². The fourth-order valence-corrected chi connectivity index (χ4v) is 2.37. The number of alkyl halides is 3. The average Bonchev–Trinajstić information content (AvgIpc) is 2.80. The van der Waals surface area contributed by atoms with E-state index >= 15 is 0 Å². The van der Waals surface area contributed by atoms with E-state index in [1.165, 1.54) is 11.3 Å². The highest BCUT2D eigenvalue weighted by atomic mass is 32.1. The molecule has 112 valence electrons. The van der Waals surface area contributed by atoms with Gasteiger partial charge in [0.1, 0.15) is 10.7 Å². The van der Waals surface area contributed by atoms with Crippen LogP contribution in [0.3, 0.4) is 0 Å². The van der Waals surface area contributed by atoms with Crippen molar-refractivity contribution in [3.05, 3.63) is 50.0 Å². The van der Waals surface area contributed by atoms with Crippen LogP contribution in [0.4, 0.5) is 24.5 Å². The summed E-state index contributed by atoms with van der Waals surface area (Å²) < 4.78 is 37.7. The Bertz CT molecular complexity index is 670. The monoisotopic (exact) mass is 317 g/mol. The Morgan fingerprint density at radius 3 is 2.67 bits per heavy atom. The van der Waals surface area contributed by atoms with Crippen molar-refractivity contribution in [2.24, 2.45) is 0 Å². The Morgan fingerprint density at radius 2 is 2.14 bits per heavy atom. The highest BCUT2D eigenvalue weighted by molar-refractivity contribution is 7.09. The molecule has 9 heteroatoms. The molecule has 2 rings (SSSR count). The summed E-state index contributed by atoms with van der Waals surface area (Å²) in [6.45, 7) is 2.02. The smallest absolute Gasteiger partial charge is 0.373 e. The Labute approximate surface area is 121 Å². The Balaban J connectivity index is 2.24. The van der Waals surface area contributed by atoms with Crippen LogP contribution in [0.5, 0.6) is 0 Å². The van der Waals surface area contributed by atoms with Gasteiger partial charge >= 0.3 is 6.18 Å². The molecule has 21 heavy (non-hydrogen) atoms. The Morgan fingerprint density at radius 1 is 1.43 bits per heavy atom. The van der Waals surface area contributed by atoms with Crippen LogP contribution < -0.4 is 5.32 Å². The summed E-state index contributed by atoms with van der Waals surface area (Å²) in [6, 6.07) is 2.39. The van der Waals surface area contributed by atoms with Gasteiger partial charge in [-0.05, 0) is 19.1 Å². The van der Waals surface area contributed by atoms with Crippen LogP contribution in [0.15, 0.2) is 23.6 Å². The molecule has 2 aromatic rings. The van der Waals surface area contributed by atoms with Gasteiger partial charge in [-0.3, -0.25) is 10.1 Å². The van der Waals surface area contributed by atoms with Crippen LogP contribution in [0.1, 0.15) is 16.3 Å². The van der Waals surface area contributed by atoms with Crippen molar-refractivity contribution in [2.75, 3.05) is 5.32 Å². The molecule has 0 atom stereocenters. The van der Waals surface area contributed by atoms with Gasteiger partial charge in [-0.1, -0.05) is 0 Å². The molecule has 5 nitrogen and oxygen atoms in total. The molecule has 0 bridgehead atoms. The molecule has 0 radical (unpaired) electrons. The van der Waals surface area contributed by atoms with Crippen LogP contribution in [-0.4, -0.2) is 9.91 Å². The highest BCUT2D eigenvalue weighted by Gasteiger charge is 2.33. The SMILES string of the molecule is Cc1csc(CNc2ccc(C(F)(F)F)cc2[N+](=O)[O-])n1. The maximum absolute atomic E-state index is 12.6. The molecule has 0 unspecified atom stereocenters. The minimum absolute atomic E-state index is 0.0286. The summed E-state index contributed by atoms with van der Waals surface area (Å²) in [5.41, 5.74) is -0.817. The van der Waals surface area contributed by atoms with Crippen LogP contribution in [0.2, 0.25) is 0 Å². The van der Waals surface area contributed by atoms with Crippen LogP contribution in [0, 0.1) is 17.0 Å². The Kier molecular flexibility index (Phi) is 4.12. The quantitative estimate of drug-likeness (QED) is 0.684. The van der Waals surface area contributed by atoms with E-state index in [0.29, 0.717) is 11.1 Å². The molecular weight excluding hydrogens is 307 g/mol. The minimum Gasteiger partial charge on any atom is -0.373 e. The molecule has 1 heterocycles. The van der Waals surface area contributed by atoms with E-state index in [2.05, 4.69) is 10.3 Å². The third-order valence-electron chi connectivity index (χ3n) is 2.62. The molecule has 0 saturated heterocycles. The van der Waals surface area contributed by atoms with E-state index in [1.54, 1.807) is 6.92 Å². The van der Waals surface area contributed by atoms with Crippen LogP contribution in [0.25, 0.3) is 0 Å². The summed E-state index contributed by atoms with van der Waals surface area (Å²) in [5.74, 6) is 0. The number of nitrogens with one attached hydrogen (secondary N) is 1. The standard InChI is InChI=1S/C12H10F3N3O2S/c1-7-6-21-11(17-7)5-16-9-3-2-8(12(13,14)15)4-10(9)18(19)20/h2-4,6,16H,5H2,1H3. The Hall–Kier alpha value is -2.16. The van der Waals surface area contributed by atoms with Crippen LogP contribution in [-0.2, 0) is 12.7 Å². The van der Waals surface area contributed by atoms with Gasteiger partial charge in [-0.15, -0.1) is 11.3 Å². The number of nitro benzene ring substituents is 1. The van der Waals surface area contributed by atoms with Gasteiger partial charge in [0.25, 0.3) is 5.69 Å². The predicted octanol–water partition coefficient (Wildman–Crippen LogP) is 3.99. The highest BCUT2D eigenvalue weighted by Crippen LogP contribution is 2.35. The molecule has 0 amide bonds. The van der Waals surface area contributed by atoms with Crippen molar-refractivity contribution in [2.45, 2.75) is 19.6 Å². The van der Waals surface area contributed by atoms with Gasteiger partial charge in [-0.25, -0.2) is 4.98 Å². The lowest BCUT2D eigenvalue weighted by Crippen LogP contribution is -2.08. The van der Waals surface area contributed by atoms with Gasteiger partial charge in [0.15, 0.2) is 0 Å². The molecule has 1 aromatic carbocycles. The zero-order chi connectivity index (χ0) is 15.6. The number of nitro groups is 1. The first-order valence-electron chi connectivity index (χ1n) is 5.78. The lowest BCUT2D eigenvalue weighted by molar-refractivity contribution is -0.384. The lowest BCUT2D eigenvalue weighted by atomic mass is 10.1. The number of halogens is 3. The number of thiazole rings is 1. The second kappa shape index (κ2) is 5.68. The van der Waals surface area contributed by atoms with Crippen molar-refractivity contribution in [1.29, 1.82) is 0 Å². The second-order valence-corrected chi connectivity index (χ2v) is 5.17. The topological polar surface area (TPSA) is 68.1 Å². The maximum Gasteiger partial charge on any atom is 0.416 e. The number of anilines is 1. The fourth-order valence-electron chi connectivity index (χ4n) is 1.66. The number of aryl methyl sites for hydroxylation is 1. The number of hydrogen-bond acceptors (Lipinski definition) is 5. The van der Waals surface area contributed by atoms with Gasteiger partial charge in [0.05, 0.1) is 17.0 Å². The summed E-state index contributed by atoms with van der Waals surface area (Å²) in [7, 11) is 0. The van der Waals surface area contributed by atoms with Gasteiger partial charge < -0.3 is 5.32 Å². The molecular formula is C12H10F3N3O2S. The first-order valence-corrected chi connectivity index (χ1v) is 6.66. The van der Waals surface area contributed by atoms with E-state index in [9.17, 15) is 23.3 Å². The molecule has 0 aliphatic rings. The number of hydrogen-bond donors (Lipinski definition) is 1. The largest absolute Gasteiger partial charge is 0.416 e. The first kappa shape index (κ1) is 15.2. The molecule has 0 saturated carbocycles. The molecule has 0 fully saturated rings. The molecule has 1 N–H and O–H groups in total. The number of benzene rings is 1. The predicted molar refractivity (Wildman–Crippen MR) is 72.3 cm³/mol. The van der Waals surface area contributed by atoms with Crippen LogP contribution >= 0.6 is 11.3 Å². The first-order chi connectivity index (χ1) is 9.77. The van der Waals surface area contributed by atoms with Crippen molar-refractivity contribution in [3.8, 4) is 0 Å². The summed E-state index contributed by atoms with van der Waals surface area (Å²) >= 11 is 1.37. The summed E-state index contributed by atoms with van der Waals surface area (Å²) in [6.07, 6.45) is -4.62. The normalized spacial score (nSPS) is 11.4. The number of nitrogens with zero attached hydrogens (tertiary/aromatic N) is 2. The molecule has 0 aliphatic heterocycles. The van der Waals surface area contributed by atoms with E-state index in [-0.39, 0.29) is 12.2 Å². The summed E-state index contributed by atoms with van der Waals surface area (Å²) in [4.78, 5) is 14.2. The zero-order valence-electron chi connectivity index (χ0n) is 10.8. The molecule has 0 aliphatic carbocycles. The van der Waals surface area contributed by atoms with Crippen molar-refractivity contribution in [1.82, 2.24) is 4.98 Å². The number of rotatable bonds is 4. The third-order valence-corrected chi connectivity index (χ3v) is 3.59. The average molecular weight is 317 g/mol. The molecule has 0 spiro atoms. The lowest BCUT2D eigenvalue weighted by Gasteiger charge is -2.09. The fraction of sp³-hybridized carbons (Fsp3) is 0.250. The number of aromatic nitrogens is 1. The van der Waals surface area contributed by atoms with E-state index in [4.69, 9.17) is 0 Å². The molecule has 1 aromatic heterocycles. The summed E-state index contributed by atoms with van der Waals surface area (Å²) in [5, 5.41) is 16.2. The van der Waals surface area contributed by atoms with Crippen molar-refractivity contribution >= 4 is 22.7 Å². The van der Waals surface area contributed by atoms with E-state index in [0.717, 1.165) is 17.8 Å². The van der Waals surface area contributed by atoms with Crippen molar-refractivity contribution in [3.63, 3.8) is 0 Å². The van der Waals surface area contributed by atoms with Gasteiger partial charge in [-0.2, -0.15) is 13.2 Å². The van der Waals surface area contributed by atoms with Crippen molar-refractivity contribution < 1.29 is 18.1 Å².